The summed E-state index contributed by atoms with van der Waals surface area (Å²) in [5.41, 5.74) is 1.14. The summed E-state index contributed by atoms with van der Waals surface area (Å²) in [6.07, 6.45) is 2.94. The highest BCUT2D eigenvalue weighted by molar-refractivity contribution is 5.90. The van der Waals surface area contributed by atoms with Crippen LogP contribution in [0.1, 0.15) is 30.9 Å². The van der Waals surface area contributed by atoms with Gasteiger partial charge in [-0.2, -0.15) is 0 Å². The molecule has 2 aromatic rings. The van der Waals surface area contributed by atoms with E-state index in [1.165, 1.54) is 12.1 Å². The first-order valence-electron chi connectivity index (χ1n) is 9.98. The third kappa shape index (κ3) is 3.77. The first-order valence-corrected chi connectivity index (χ1v) is 9.98. The van der Waals surface area contributed by atoms with Gasteiger partial charge in [-0.25, -0.2) is 8.78 Å². The van der Waals surface area contributed by atoms with Crippen LogP contribution >= 0.6 is 0 Å². The van der Waals surface area contributed by atoms with Crippen molar-refractivity contribution >= 4 is 17.6 Å². The van der Waals surface area contributed by atoms with Crippen molar-refractivity contribution in [1.29, 1.82) is 0 Å². The van der Waals surface area contributed by atoms with Crippen molar-refractivity contribution in [3.05, 3.63) is 59.2 Å². The Balaban J connectivity index is 1.75. The molecule has 7 heteroatoms. The van der Waals surface area contributed by atoms with E-state index >= 15 is 0 Å². The van der Waals surface area contributed by atoms with Gasteiger partial charge in [0.2, 0.25) is 0 Å². The third-order valence-corrected chi connectivity index (χ3v) is 5.64. The first-order chi connectivity index (χ1) is 14.4. The summed E-state index contributed by atoms with van der Waals surface area (Å²) >= 11 is 0. The molecule has 0 aromatic heterocycles. The Bertz CT molecular complexity index is 973. The van der Waals surface area contributed by atoms with Gasteiger partial charge >= 0.3 is 5.97 Å². The zero-order valence-electron chi connectivity index (χ0n) is 16.7. The minimum Gasteiger partial charge on any atom is -0.488 e. The smallest absolute Gasteiger partial charge is 0.317 e. The van der Waals surface area contributed by atoms with Crippen LogP contribution in [0.3, 0.4) is 0 Å². The van der Waals surface area contributed by atoms with Crippen molar-refractivity contribution < 1.29 is 28.2 Å². The van der Waals surface area contributed by atoms with Crippen LogP contribution in [0.15, 0.2) is 36.4 Å². The average Bonchev–Trinajstić information content (AvgIpc) is 2.71. The van der Waals surface area contributed by atoms with Crippen LogP contribution in [-0.4, -0.2) is 47.8 Å². The van der Waals surface area contributed by atoms with Gasteiger partial charge in [0, 0.05) is 37.1 Å². The number of piperidine rings is 1. The predicted octanol–water partition coefficient (Wildman–Crippen LogP) is 4.22. The number of rotatable bonds is 5. The second-order valence-electron chi connectivity index (χ2n) is 7.56. The van der Waals surface area contributed by atoms with Crippen molar-refractivity contribution in [2.24, 2.45) is 0 Å². The van der Waals surface area contributed by atoms with E-state index in [0.29, 0.717) is 42.8 Å². The fourth-order valence-electron chi connectivity index (χ4n) is 4.22. The first kappa shape index (κ1) is 20.3. The Morgan fingerprint density at radius 2 is 1.87 bits per heavy atom. The molecule has 0 atom stereocenters. The van der Waals surface area contributed by atoms with Gasteiger partial charge in [-0.1, -0.05) is 18.2 Å². The Labute approximate surface area is 173 Å². The molecule has 2 aliphatic rings. The summed E-state index contributed by atoms with van der Waals surface area (Å²) in [4.78, 5) is 12.9. The molecule has 2 heterocycles. The van der Waals surface area contributed by atoms with Crippen LogP contribution in [-0.2, 0) is 4.79 Å². The fourth-order valence-corrected chi connectivity index (χ4v) is 4.22. The number of hydrogen-bond donors (Lipinski definition) is 1. The van der Waals surface area contributed by atoms with E-state index in [1.54, 1.807) is 6.92 Å². The molecular weight excluding hydrogens is 392 g/mol. The molecule has 1 N–H and O–H groups in total. The summed E-state index contributed by atoms with van der Waals surface area (Å²) in [7, 11) is 0. The average molecular weight is 415 g/mol. The molecule has 0 amide bonds. The number of carbonyl (C=O) groups is 1. The number of ether oxygens (including phenoxy) is 2. The summed E-state index contributed by atoms with van der Waals surface area (Å²) in [6, 6.07) is 10.1. The number of para-hydroxylation sites is 1. The number of carboxylic acid groups (broad SMARTS) is 1. The highest BCUT2D eigenvalue weighted by Crippen LogP contribution is 2.46. The molecular formula is C23H23F2NO4. The highest BCUT2D eigenvalue weighted by atomic mass is 19.1. The molecule has 5 nitrogen and oxygen atoms in total. The van der Waals surface area contributed by atoms with Crippen LogP contribution in [0, 0.1) is 11.6 Å². The monoisotopic (exact) mass is 415 g/mol. The maximum Gasteiger partial charge on any atom is 0.317 e. The molecule has 0 unspecified atom stereocenters. The summed E-state index contributed by atoms with van der Waals surface area (Å²) in [6.45, 7) is 2.80. The molecule has 2 aliphatic heterocycles. The van der Waals surface area contributed by atoms with Gasteiger partial charge in [-0.05, 0) is 36.8 Å². The third-order valence-electron chi connectivity index (χ3n) is 5.64. The predicted molar refractivity (Wildman–Crippen MR) is 109 cm³/mol. The van der Waals surface area contributed by atoms with E-state index in [0.717, 1.165) is 5.56 Å². The SMILES string of the molecule is CCOc1c(F)cc(C2=Cc3ccccc3OC23CCN(CC(=O)O)CC3)cc1F. The molecule has 1 fully saturated rings. The molecule has 0 aliphatic carbocycles. The van der Waals surface area contributed by atoms with Gasteiger partial charge in [-0.3, -0.25) is 9.69 Å². The van der Waals surface area contributed by atoms with Crippen LogP contribution < -0.4 is 9.47 Å². The molecule has 0 saturated carbocycles. The number of carboxylic acids is 1. The maximum atomic E-state index is 14.6. The number of benzene rings is 2. The van der Waals surface area contributed by atoms with Gasteiger partial charge < -0.3 is 14.6 Å². The Morgan fingerprint density at radius 1 is 1.20 bits per heavy atom. The van der Waals surface area contributed by atoms with Crippen LogP contribution in [0.4, 0.5) is 8.78 Å². The normalized spacial score (nSPS) is 17.8. The zero-order valence-corrected chi connectivity index (χ0v) is 16.7. The van der Waals surface area contributed by atoms with Gasteiger partial charge in [-0.15, -0.1) is 0 Å². The number of nitrogens with zero attached hydrogens (tertiary/aromatic N) is 1. The van der Waals surface area contributed by atoms with E-state index in [2.05, 4.69) is 0 Å². The van der Waals surface area contributed by atoms with Crippen LogP contribution in [0.2, 0.25) is 0 Å². The van der Waals surface area contributed by atoms with Crippen molar-refractivity contribution in [2.45, 2.75) is 25.4 Å². The number of hydrogen-bond acceptors (Lipinski definition) is 4. The molecule has 0 bridgehead atoms. The lowest BCUT2D eigenvalue weighted by Crippen LogP contribution is -2.50. The molecule has 30 heavy (non-hydrogen) atoms. The largest absolute Gasteiger partial charge is 0.488 e. The number of fused-ring (bicyclic) bond motifs is 1. The maximum absolute atomic E-state index is 14.6. The lowest BCUT2D eigenvalue weighted by atomic mass is 9.77. The van der Waals surface area contributed by atoms with Gasteiger partial charge in [0.15, 0.2) is 17.4 Å². The van der Waals surface area contributed by atoms with Gasteiger partial charge in [0.25, 0.3) is 0 Å². The van der Waals surface area contributed by atoms with Crippen molar-refractivity contribution in [3.63, 3.8) is 0 Å². The van der Waals surface area contributed by atoms with Crippen molar-refractivity contribution in [3.8, 4) is 11.5 Å². The second-order valence-corrected chi connectivity index (χ2v) is 7.56. The molecule has 4 rings (SSSR count). The van der Waals surface area contributed by atoms with E-state index in [1.807, 2.05) is 35.2 Å². The number of aliphatic carboxylic acids is 1. The Hall–Kier alpha value is -2.93. The van der Waals surface area contributed by atoms with Crippen LogP contribution in [0.25, 0.3) is 11.6 Å². The minimum atomic E-state index is -0.882. The summed E-state index contributed by atoms with van der Waals surface area (Å²) in [5, 5.41) is 9.08. The minimum absolute atomic E-state index is 0.0436. The topological polar surface area (TPSA) is 59.0 Å². The molecule has 1 spiro atoms. The lowest BCUT2D eigenvalue weighted by Gasteiger charge is -2.45. The second kappa shape index (κ2) is 8.07. The quantitative estimate of drug-likeness (QED) is 0.793. The molecule has 0 radical (unpaired) electrons. The van der Waals surface area contributed by atoms with E-state index in [9.17, 15) is 13.6 Å². The number of likely N-dealkylation sites (tertiary alicyclic amines) is 1. The fraction of sp³-hybridized carbons (Fsp3) is 0.348. The van der Waals surface area contributed by atoms with Crippen LogP contribution in [0.5, 0.6) is 11.5 Å². The Morgan fingerprint density at radius 3 is 2.50 bits per heavy atom. The summed E-state index contributed by atoms with van der Waals surface area (Å²) in [5.74, 6) is -2.08. The summed E-state index contributed by atoms with van der Waals surface area (Å²) < 4.78 is 40.7. The van der Waals surface area contributed by atoms with Gasteiger partial charge in [0.05, 0.1) is 13.2 Å². The van der Waals surface area contributed by atoms with Gasteiger partial charge in [0.1, 0.15) is 11.4 Å². The number of halogens is 2. The zero-order chi connectivity index (χ0) is 21.3. The lowest BCUT2D eigenvalue weighted by molar-refractivity contribution is -0.139. The molecule has 2 aromatic carbocycles. The standard InChI is InChI=1S/C23H23F2NO4/c1-2-29-22-18(24)12-16(13-19(22)25)17-11-15-5-3-4-6-20(15)30-23(17)7-9-26(10-8-23)14-21(27)28/h3-6,11-13H,2,7-10,14H2,1H3,(H,27,28). The van der Waals surface area contributed by atoms with E-state index in [4.69, 9.17) is 14.6 Å². The highest BCUT2D eigenvalue weighted by Gasteiger charge is 2.43. The van der Waals surface area contributed by atoms with Crippen molar-refractivity contribution in [2.75, 3.05) is 26.2 Å². The van der Waals surface area contributed by atoms with E-state index in [-0.39, 0.29) is 18.9 Å². The van der Waals surface area contributed by atoms with E-state index < -0.39 is 23.2 Å². The van der Waals surface area contributed by atoms with Crippen molar-refractivity contribution in [1.82, 2.24) is 4.90 Å². The molecule has 158 valence electrons. The molecule has 1 saturated heterocycles. The Kier molecular flexibility index (Phi) is 5.47.